The Morgan fingerprint density at radius 3 is 2.95 bits per heavy atom. The molecule has 21 heavy (non-hydrogen) atoms. The molecule has 2 aliphatic rings. The Morgan fingerprint density at radius 1 is 1.38 bits per heavy atom. The van der Waals surface area contributed by atoms with Crippen molar-refractivity contribution in [3.63, 3.8) is 0 Å². The first kappa shape index (κ1) is 13.7. The van der Waals surface area contributed by atoms with Crippen molar-refractivity contribution in [1.29, 1.82) is 0 Å². The highest BCUT2D eigenvalue weighted by Crippen LogP contribution is 2.27. The summed E-state index contributed by atoms with van der Waals surface area (Å²) in [6, 6.07) is 4.73. The average Bonchev–Trinajstić information content (AvgIpc) is 2.88. The zero-order valence-corrected chi connectivity index (χ0v) is 11.9. The third kappa shape index (κ3) is 2.41. The van der Waals surface area contributed by atoms with E-state index in [-0.39, 0.29) is 29.2 Å². The Labute approximate surface area is 122 Å². The van der Waals surface area contributed by atoms with Gasteiger partial charge in [0.25, 0.3) is 5.91 Å². The molecule has 6 heteroatoms. The molecule has 0 saturated carbocycles. The smallest absolute Gasteiger partial charge is 0.257 e. The van der Waals surface area contributed by atoms with Crippen molar-refractivity contribution in [2.75, 3.05) is 26.7 Å². The number of phenols is 1. The van der Waals surface area contributed by atoms with Gasteiger partial charge in [0.1, 0.15) is 11.5 Å². The highest BCUT2D eigenvalue weighted by molar-refractivity contribution is 5.97. The zero-order valence-electron chi connectivity index (χ0n) is 11.9. The standard InChI is InChI=1S/C15H18N2O4/c1-21-11-3-4-13(18)12(8-11)15(20)16-6-7-17-10(9-16)2-5-14(17)19/h3-4,8,10,18H,2,5-7,9H2,1H3. The zero-order chi connectivity index (χ0) is 15.0. The Morgan fingerprint density at radius 2 is 2.19 bits per heavy atom. The summed E-state index contributed by atoms with van der Waals surface area (Å²) in [4.78, 5) is 27.8. The average molecular weight is 290 g/mol. The number of methoxy groups -OCH3 is 1. The number of amides is 2. The van der Waals surface area contributed by atoms with E-state index in [2.05, 4.69) is 0 Å². The molecule has 0 bridgehead atoms. The summed E-state index contributed by atoms with van der Waals surface area (Å²) in [5.41, 5.74) is 0.243. The molecule has 2 saturated heterocycles. The molecule has 0 radical (unpaired) electrons. The van der Waals surface area contributed by atoms with Gasteiger partial charge < -0.3 is 19.6 Å². The van der Waals surface area contributed by atoms with Crippen LogP contribution in [0.3, 0.4) is 0 Å². The molecule has 112 valence electrons. The molecular weight excluding hydrogens is 272 g/mol. The van der Waals surface area contributed by atoms with E-state index >= 15 is 0 Å². The maximum absolute atomic E-state index is 12.6. The molecule has 2 fully saturated rings. The summed E-state index contributed by atoms with van der Waals surface area (Å²) in [5.74, 6) is 0.443. The molecule has 2 aliphatic heterocycles. The minimum absolute atomic E-state index is 0.0503. The molecule has 0 aromatic heterocycles. The van der Waals surface area contributed by atoms with Crippen LogP contribution in [0, 0.1) is 0 Å². The second kappa shape index (κ2) is 5.27. The number of piperazine rings is 1. The maximum atomic E-state index is 12.6. The first-order valence-corrected chi connectivity index (χ1v) is 7.06. The van der Waals surface area contributed by atoms with Crippen LogP contribution in [0.2, 0.25) is 0 Å². The van der Waals surface area contributed by atoms with Gasteiger partial charge in [0.15, 0.2) is 0 Å². The number of phenolic OH excluding ortho intramolecular Hbond substituents is 1. The normalized spacial score (nSPS) is 21.4. The molecule has 1 N–H and O–H groups in total. The molecule has 1 unspecified atom stereocenters. The van der Waals surface area contributed by atoms with Crippen LogP contribution in [0.25, 0.3) is 0 Å². The van der Waals surface area contributed by atoms with Crippen molar-refractivity contribution in [3.8, 4) is 11.5 Å². The fourth-order valence-electron chi connectivity index (χ4n) is 3.03. The summed E-state index contributed by atoms with van der Waals surface area (Å²) >= 11 is 0. The van der Waals surface area contributed by atoms with E-state index in [1.54, 1.807) is 17.0 Å². The topological polar surface area (TPSA) is 70.1 Å². The fraction of sp³-hybridized carbons (Fsp3) is 0.467. The summed E-state index contributed by atoms with van der Waals surface area (Å²) in [6.07, 6.45) is 1.36. The van der Waals surface area contributed by atoms with Crippen LogP contribution in [0.5, 0.6) is 11.5 Å². The van der Waals surface area contributed by atoms with Gasteiger partial charge in [0.2, 0.25) is 5.91 Å². The van der Waals surface area contributed by atoms with E-state index in [0.29, 0.717) is 31.8 Å². The van der Waals surface area contributed by atoms with E-state index in [4.69, 9.17) is 4.74 Å². The predicted molar refractivity (Wildman–Crippen MR) is 75.3 cm³/mol. The lowest BCUT2D eigenvalue weighted by Crippen LogP contribution is -2.53. The largest absolute Gasteiger partial charge is 0.507 e. The lowest BCUT2D eigenvalue weighted by molar-refractivity contribution is -0.130. The third-order valence-electron chi connectivity index (χ3n) is 4.22. The van der Waals surface area contributed by atoms with E-state index in [1.165, 1.54) is 13.2 Å². The summed E-state index contributed by atoms with van der Waals surface area (Å²) in [7, 11) is 1.52. The maximum Gasteiger partial charge on any atom is 0.257 e. The number of carbonyl (C=O) groups is 2. The number of fused-ring (bicyclic) bond motifs is 1. The van der Waals surface area contributed by atoms with Gasteiger partial charge in [-0.1, -0.05) is 0 Å². The molecule has 3 rings (SSSR count). The number of carbonyl (C=O) groups excluding carboxylic acids is 2. The van der Waals surface area contributed by atoms with Gasteiger partial charge in [0.05, 0.1) is 12.7 Å². The number of benzene rings is 1. The van der Waals surface area contributed by atoms with E-state index in [0.717, 1.165) is 6.42 Å². The lowest BCUT2D eigenvalue weighted by atomic mass is 10.1. The number of aromatic hydroxyl groups is 1. The Bertz CT molecular complexity index is 587. The fourth-order valence-corrected chi connectivity index (χ4v) is 3.03. The molecule has 1 atom stereocenters. The number of hydrogen-bond acceptors (Lipinski definition) is 4. The van der Waals surface area contributed by atoms with Crippen LogP contribution in [0.4, 0.5) is 0 Å². The van der Waals surface area contributed by atoms with Crippen LogP contribution >= 0.6 is 0 Å². The van der Waals surface area contributed by atoms with E-state index in [9.17, 15) is 14.7 Å². The van der Waals surface area contributed by atoms with Crippen LogP contribution in [-0.2, 0) is 4.79 Å². The predicted octanol–water partition coefficient (Wildman–Crippen LogP) is 0.848. The first-order valence-electron chi connectivity index (χ1n) is 7.06. The Kier molecular flexibility index (Phi) is 3.45. The molecule has 1 aromatic rings. The van der Waals surface area contributed by atoms with Gasteiger partial charge in [-0.25, -0.2) is 0 Å². The third-order valence-corrected chi connectivity index (χ3v) is 4.22. The number of nitrogens with zero attached hydrogens (tertiary/aromatic N) is 2. The first-order chi connectivity index (χ1) is 10.1. The highest BCUT2D eigenvalue weighted by atomic mass is 16.5. The Hall–Kier alpha value is -2.24. The summed E-state index contributed by atoms with van der Waals surface area (Å²) < 4.78 is 5.10. The van der Waals surface area contributed by atoms with Gasteiger partial charge in [-0.3, -0.25) is 9.59 Å². The molecule has 0 spiro atoms. The molecule has 6 nitrogen and oxygen atoms in total. The second-order valence-corrected chi connectivity index (χ2v) is 5.41. The van der Waals surface area contributed by atoms with E-state index in [1.807, 2.05) is 4.90 Å². The number of rotatable bonds is 2. The van der Waals surface area contributed by atoms with Crippen LogP contribution < -0.4 is 4.74 Å². The quantitative estimate of drug-likeness (QED) is 0.876. The molecule has 0 aliphatic carbocycles. The summed E-state index contributed by atoms with van der Waals surface area (Å²) in [6.45, 7) is 1.60. The van der Waals surface area contributed by atoms with Gasteiger partial charge in [-0.05, 0) is 24.6 Å². The highest BCUT2D eigenvalue weighted by Gasteiger charge is 2.37. The minimum Gasteiger partial charge on any atom is -0.507 e. The number of ether oxygens (including phenoxy) is 1. The monoisotopic (exact) mass is 290 g/mol. The summed E-state index contributed by atoms with van der Waals surface area (Å²) in [5, 5.41) is 9.89. The van der Waals surface area contributed by atoms with Gasteiger partial charge >= 0.3 is 0 Å². The SMILES string of the molecule is COc1ccc(O)c(C(=O)N2CCN3C(=O)CCC3C2)c1. The molecular formula is C15H18N2O4. The Balaban J connectivity index is 1.78. The van der Waals surface area contributed by atoms with Crippen LogP contribution in [0.15, 0.2) is 18.2 Å². The second-order valence-electron chi connectivity index (χ2n) is 5.41. The van der Waals surface area contributed by atoms with Gasteiger partial charge in [0, 0.05) is 32.1 Å². The van der Waals surface area contributed by atoms with E-state index < -0.39 is 0 Å². The van der Waals surface area contributed by atoms with Crippen LogP contribution in [0.1, 0.15) is 23.2 Å². The van der Waals surface area contributed by atoms with Crippen molar-refractivity contribution in [2.45, 2.75) is 18.9 Å². The molecule has 2 heterocycles. The van der Waals surface area contributed by atoms with Crippen molar-refractivity contribution >= 4 is 11.8 Å². The lowest BCUT2D eigenvalue weighted by Gasteiger charge is -2.37. The van der Waals surface area contributed by atoms with Crippen molar-refractivity contribution in [1.82, 2.24) is 9.80 Å². The van der Waals surface area contributed by atoms with Crippen LogP contribution in [-0.4, -0.2) is 59.5 Å². The minimum atomic E-state index is -0.217. The number of hydrogen-bond donors (Lipinski definition) is 1. The molecule has 1 aromatic carbocycles. The van der Waals surface area contributed by atoms with Gasteiger partial charge in [-0.2, -0.15) is 0 Å². The molecule has 2 amide bonds. The van der Waals surface area contributed by atoms with Crippen molar-refractivity contribution < 1.29 is 19.4 Å². The van der Waals surface area contributed by atoms with Crippen molar-refractivity contribution in [2.24, 2.45) is 0 Å². The van der Waals surface area contributed by atoms with Gasteiger partial charge in [-0.15, -0.1) is 0 Å². The van der Waals surface area contributed by atoms with Crippen molar-refractivity contribution in [3.05, 3.63) is 23.8 Å².